The molecule has 0 aliphatic heterocycles. The molecule has 0 radical (unpaired) electrons. The monoisotopic (exact) mass is 542 g/mol. The Labute approximate surface area is 218 Å². The number of fused-ring (bicyclic) bond motifs is 2. The Morgan fingerprint density at radius 2 is 1.87 bits per heavy atom. The molecule has 38 heavy (non-hydrogen) atoms. The number of aromatic nitrogens is 5. The molecular formula is C25H21ClF2N6O4. The van der Waals surface area contributed by atoms with Gasteiger partial charge in [-0.1, -0.05) is 11.6 Å². The SMILES string of the molecule is COCCN(C)c1cc2c(c(OC)n1)c(=O)n(-c1cnc3cc(F)ccn13)c(=O)n2-c1ccc(F)c(Cl)c1. The Balaban J connectivity index is 1.92. The molecule has 0 aliphatic carbocycles. The van der Waals surface area contributed by atoms with Gasteiger partial charge in [0.15, 0.2) is 0 Å². The van der Waals surface area contributed by atoms with E-state index in [1.54, 1.807) is 25.1 Å². The minimum Gasteiger partial charge on any atom is -0.480 e. The minimum atomic E-state index is -0.796. The van der Waals surface area contributed by atoms with E-state index < -0.39 is 22.9 Å². The number of benzene rings is 1. The third-order valence-electron chi connectivity index (χ3n) is 6.05. The predicted molar refractivity (Wildman–Crippen MR) is 138 cm³/mol. The highest BCUT2D eigenvalue weighted by atomic mass is 35.5. The molecule has 4 aromatic heterocycles. The number of halogens is 3. The molecular weight excluding hydrogens is 522 g/mol. The number of pyridine rings is 2. The maximum absolute atomic E-state index is 14.0. The van der Waals surface area contributed by atoms with E-state index in [4.69, 9.17) is 21.1 Å². The van der Waals surface area contributed by atoms with Gasteiger partial charge in [-0.2, -0.15) is 4.98 Å². The first kappa shape index (κ1) is 25.4. The Hall–Kier alpha value is -4.29. The number of likely N-dealkylation sites (N-methyl/N-ethyl adjacent to an activating group) is 1. The van der Waals surface area contributed by atoms with E-state index in [0.717, 1.165) is 16.7 Å². The van der Waals surface area contributed by atoms with Crippen LogP contribution in [0.15, 0.2) is 58.4 Å². The Kier molecular flexibility index (Phi) is 6.59. The lowest BCUT2D eigenvalue weighted by Crippen LogP contribution is -2.39. The van der Waals surface area contributed by atoms with Crippen LogP contribution in [-0.4, -0.2) is 57.9 Å². The van der Waals surface area contributed by atoms with Gasteiger partial charge < -0.3 is 14.4 Å². The van der Waals surface area contributed by atoms with Gasteiger partial charge in [-0.25, -0.2) is 23.1 Å². The molecule has 10 nitrogen and oxygen atoms in total. The topological polar surface area (TPSA) is 95.9 Å². The van der Waals surface area contributed by atoms with Crippen molar-refractivity contribution in [1.82, 2.24) is 23.5 Å². The molecule has 0 N–H and O–H groups in total. The van der Waals surface area contributed by atoms with Crippen LogP contribution < -0.4 is 20.9 Å². The Morgan fingerprint density at radius 3 is 2.58 bits per heavy atom. The molecule has 196 valence electrons. The highest BCUT2D eigenvalue weighted by Crippen LogP contribution is 2.28. The van der Waals surface area contributed by atoms with Crippen LogP contribution in [0.1, 0.15) is 0 Å². The van der Waals surface area contributed by atoms with Crippen molar-refractivity contribution in [3.63, 3.8) is 0 Å². The molecule has 4 heterocycles. The highest BCUT2D eigenvalue weighted by molar-refractivity contribution is 6.30. The van der Waals surface area contributed by atoms with Gasteiger partial charge in [0.25, 0.3) is 5.56 Å². The average molecular weight is 543 g/mol. The molecule has 0 saturated heterocycles. The normalized spacial score (nSPS) is 11.4. The van der Waals surface area contributed by atoms with E-state index in [1.165, 1.54) is 46.7 Å². The third kappa shape index (κ3) is 4.17. The van der Waals surface area contributed by atoms with E-state index in [-0.39, 0.29) is 39.0 Å². The molecule has 5 aromatic rings. The summed E-state index contributed by atoms with van der Waals surface area (Å²) in [6, 6.07) is 7.65. The molecule has 0 spiro atoms. The van der Waals surface area contributed by atoms with Crippen molar-refractivity contribution < 1.29 is 18.3 Å². The van der Waals surface area contributed by atoms with Crippen molar-refractivity contribution in [2.75, 3.05) is 39.3 Å². The number of hydrogen-bond donors (Lipinski definition) is 0. The molecule has 0 atom stereocenters. The quantitative estimate of drug-likeness (QED) is 0.312. The summed E-state index contributed by atoms with van der Waals surface area (Å²) in [5.74, 6) is -0.793. The first-order chi connectivity index (χ1) is 18.2. The summed E-state index contributed by atoms with van der Waals surface area (Å²) in [5.41, 5.74) is -1.00. The Morgan fingerprint density at radius 1 is 1.08 bits per heavy atom. The van der Waals surface area contributed by atoms with Crippen LogP contribution in [0.3, 0.4) is 0 Å². The second kappa shape index (κ2) is 9.88. The molecule has 13 heteroatoms. The standard InChI is InChI=1S/C25H21ClF2N6O4/c1-31(8-9-37-2)20-12-18-22(23(30-20)38-3)24(35)34(21-13-29-19-10-14(27)6-7-32(19)21)25(36)33(18)15-4-5-17(28)16(26)11-15/h4-7,10-13H,8-9H2,1-3H3. The number of hydrogen-bond acceptors (Lipinski definition) is 7. The lowest BCUT2D eigenvalue weighted by atomic mass is 10.2. The van der Waals surface area contributed by atoms with Gasteiger partial charge in [-0.15, -0.1) is 0 Å². The number of methoxy groups -OCH3 is 2. The van der Waals surface area contributed by atoms with Crippen LogP contribution in [0.2, 0.25) is 5.02 Å². The van der Waals surface area contributed by atoms with Crippen LogP contribution in [0.25, 0.3) is 28.1 Å². The molecule has 0 bridgehead atoms. The number of anilines is 1. The maximum Gasteiger partial charge on any atom is 0.342 e. The fourth-order valence-corrected chi connectivity index (χ4v) is 4.32. The molecule has 0 fully saturated rings. The first-order valence-corrected chi connectivity index (χ1v) is 11.7. The van der Waals surface area contributed by atoms with Gasteiger partial charge in [0.05, 0.1) is 36.1 Å². The maximum atomic E-state index is 14.0. The second-order valence-electron chi connectivity index (χ2n) is 8.34. The van der Waals surface area contributed by atoms with Crippen LogP contribution in [-0.2, 0) is 4.74 Å². The second-order valence-corrected chi connectivity index (χ2v) is 8.75. The van der Waals surface area contributed by atoms with E-state index in [9.17, 15) is 18.4 Å². The molecule has 0 unspecified atom stereocenters. The molecule has 1 aromatic carbocycles. The lowest BCUT2D eigenvalue weighted by Gasteiger charge is -2.21. The van der Waals surface area contributed by atoms with Crippen LogP contribution >= 0.6 is 11.6 Å². The van der Waals surface area contributed by atoms with Gasteiger partial charge in [0.1, 0.15) is 34.3 Å². The van der Waals surface area contributed by atoms with Crippen molar-refractivity contribution in [1.29, 1.82) is 0 Å². The zero-order valence-corrected chi connectivity index (χ0v) is 21.2. The summed E-state index contributed by atoms with van der Waals surface area (Å²) in [5, 5.41) is -0.238. The van der Waals surface area contributed by atoms with Crippen LogP contribution in [0.5, 0.6) is 5.88 Å². The van der Waals surface area contributed by atoms with Crippen molar-refractivity contribution in [2.45, 2.75) is 0 Å². The summed E-state index contributed by atoms with van der Waals surface area (Å²) in [4.78, 5) is 38.3. The smallest absolute Gasteiger partial charge is 0.342 e. The average Bonchev–Trinajstić information content (AvgIpc) is 3.31. The minimum absolute atomic E-state index is 0.0199. The summed E-state index contributed by atoms with van der Waals surface area (Å²) in [6.07, 6.45) is 2.63. The van der Waals surface area contributed by atoms with Crippen LogP contribution in [0, 0.1) is 11.6 Å². The fraction of sp³-hybridized carbons (Fsp3) is 0.200. The van der Waals surface area contributed by atoms with Gasteiger partial charge in [0, 0.05) is 39.0 Å². The zero-order valence-electron chi connectivity index (χ0n) is 20.5. The van der Waals surface area contributed by atoms with E-state index in [1.807, 2.05) is 0 Å². The summed E-state index contributed by atoms with van der Waals surface area (Å²) >= 11 is 6.06. The fourth-order valence-electron chi connectivity index (χ4n) is 4.14. The predicted octanol–water partition coefficient (Wildman–Crippen LogP) is 3.21. The number of ether oxygens (including phenoxy) is 2. The van der Waals surface area contributed by atoms with Gasteiger partial charge in [0.2, 0.25) is 5.88 Å². The molecule has 5 rings (SSSR count). The highest BCUT2D eigenvalue weighted by Gasteiger charge is 2.24. The number of imidazole rings is 1. The van der Waals surface area contributed by atoms with Crippen molar-refractivity contribution in [3.8, 4) is 17.4 Å². The van der Waals surface area contributed by atoms with Gasteiger partial charge >= 0.3 is 5.69 Å². The van der Waals surface area contributed by atoms with Crippen molar-refractivity contribution in [2.24, 2.45) is 0 Å². The van der Waals surface area contributed by atoms with Gasteiger partial charge in [-0.05, 0) is 24.3 Å². The van der Waals surface area contributed by atoms with Crippen LogP contribution in [0.4, 0.5) is 14.6 Å². The largest absolute Gasteiger partial charge is 0.480 e. The van der Waals surface area contributed by atoms with E-state index in [0.29, 0.717) is 19.0 Å². The lowest BCUT2D eigenvalue weighted by molar-refractivity contribution is 0.206. The first-order valence-electron chi connectivity index (χ1n) is 11.3. The van der Waals surface area contributed by atoms with Crippen molar-refractivity contribution in [3.05, 3.63) is 86.3 Å². The van der Waals surface area contributed by atoms with Crippen molar-refractivity contribution >= 4 is 34.0 Å². The summed E-state index contributed by atoms with van der Waals surface area (Å²) < 4.78 is 41.9. The van der Waals surface area contributed by atoms with E-state index in [2.05, 4.69) is 9.97 Å². The third-order valence-corrected chi connectivity index (χ3v) is 6.34. The summed E-state index contributed by atoms with van der Waals surface area (Å²) in [7, 11) is 4.68. The van der Waals surface area contributed by atoms with Gasteiger partial charge in [-0.3, -0.25) is 13.8 Å². The number of rotatable bonds is 7. The molecule has 0 aliphatic rings. The van der Waals surface area contributed by atoms with E-state index >= 15 is 0 Å². The Bertz CT molecular complexity index is 1820. The zero-order chi connectivity index (χ0) is 27.1. The number of nitrogens with zero attached hydrogens (tertiary/aromatic N) is 6. The molecule has 0 saturated carbocycles. The summed E-state index contributed by atoms with van der Waals surface area (Å²) in [6.45, 7) is 0.857. The molecule has 0 amide bonds.